The van der Waals surface area contributed by atoms with E-state index in [4.69, 9.17) is 4.52 Å². The van der Waals surface area contributed by atoms with Crippen LogP contribution in [0.4, 0.5) is 4.39 Å². The van der Waals surface area contributed by atoms with Gasteiger partial charge in [-0.3, -0.25) is 9.59 Å². The smallest absolute Gasteiger partial charge is 0.315 e. The SMILES string of the molecule is O=C(NCCNC(=O)c1nc(CS(=O)(=O)c2ccccc2)no1)c1ccc(F)cc1. The average Bonchev–Trinajstić information content (AvgIpc) is 3.20. The summed E-state index contributed by atoms with van der Waals surface area (Å²) in [5, 5.41) is 8.55. The number of rotatable bonds is 8. The number of aromatic nitrogens is 2. The summed E-state index contributed by atoms with van der Waals surface area (Å²) in [6, 6.07) is 12.8. The highest BCUT2D eigenvalue weighted by atomic mass is 32.2. The number of nitrogens with one attached hydrogen (secondary N) is 2. The Kier molecular flexibility index (Phi) is 6.52. The molecule has 156 valence electrons. The van der Waals surface area contributed by atoms with Crippen LogP contribution in [0.3, 0.4) is 0 Å². The molecule has 1 heterocycles. The molecule has 11 heteroatoms. The molecule has 0 unspecified atom stereocenters. The van der Waals surface area contributed by atoms with E-state index in [0.717, 1.165) is 0 Å². The number of nitrogens with zero attached hydrogens (tertiary/aromatic N) is 2. The molecule has 0 aliphatic carbocycles. The summed E-state index contributed by atoms with van der Waals surface area (Å²) >= 11 is 0. The molecule has 0 spiro atoms. The second-order valence-corrected chi connectivity index (χ2v) is 8.10. The minimum absolute atomic E-state index is 0.0613. The van der Waals surface area contributed by atoms with E-state index in [1.807, 2.05) is 0 Å². The van der Waals surface area contributed by atoms with Crippen molar-refractivity contribution in [2.75, 3.05) is 13.1 Å². The summed E-state index contributed by atoms with van der Waals surface area (Å²) in [7, 11) is -3.67. The summed E-state index contributed by atoms with van der Waals surface area (Å²) in [4.78, 5) is 27.8. The van der Waals surface area contributed by atoms with Crippen molar-refractivity contribution in [2.24, 2.45) is 0 Å². The molecule has 3 aromatic rings. The van der Waals surface area contributed by atoms with E-state index in [2.05, 4.69) is 20.8 Å². The van der Waals surface area contributed by atoms with Gasteiger partial charge in [-0.05, 0) is 36.4 Å². The summed E-state index contributed by atoms with van der Waals surface area (Å²) in [5.74, 6) is -2.62. The first kappa shape index (κ1) is 21.1. The molecule has 1 aromatic heterocycles. The molecular weight excluding hydrogens is 415 g/mol. The lowest BCUT2D eigenvalue weighted by Crippen LogP contribution is -2.34. The van der Waals surface area contributed by atoms with Crippen molar-refractivity contribution in [1.29, 1.82) is 0 Å². The molecule has 0 fully saturated rings. The predicted octanol–water partition coefficient (Wildman–Crippen LogP) is 1.34. The summed E-state index contributed by atoms with van der Waals surface area (Å²) < 4.78 is 42.3. The Balaban J connectivity index is 1.48. The van der Waals surface area contributed by atoms with Crippen molar-refractivity contribution in [2.45, 2.75) is 10.6 Å². The van der Waals surface area contributed by atoms with Crippen molar-refractivity contribution >= 4 is 21.7 Å². The zero-order chi connectivity index (χ0) is 21.6. The van der Waals surface area contributed by atoms with Crippen LogP contribution in [0.25, 0.3) is 0 Å². The largest absolute Gasteiger partial charge is 0.350 e. The fourth-order valence-electron chi connectivity index (χ4n) is 2.42. The first-order valence-electron chi connectivity index (χ1n) is 8.77. The second kappa shape index (κ2) is 9.27. The number of carbonyl (C=O) groups excluding carboxylic acids is 2. The van der Waals surface area contributed by atoms with Gasteiger partial charge in [-0.25, -0.2) is 12.8 Å². The average molecular weight is 432 g/mol. The molecule has 0 saturated carbocycles. The maximum Gasteiger partial charge on any atom is 0.315 e. The number of amides is 2. The first-order valence-corrected chi connectivity index (χ1v) is 10.4. The van der Waals surface area contributed by atoms with E-state index >= 15 is 0 Å². The van der Waals surface area contributed by atoms with Gasteiger partial charge in [-0.2, -0.15) is 4.98 Å². The second-order valence-electron chi connectivity index (χ2n) is 6.11. The van der Waals surface area contributed by atoms with Crippen molar-refractivity contribution in [1.82, 2.24) is 20.8 Å². The number of halogens is 1. The highest BCUT2D eigenvalue weighted by Gasteiger charge is 2.21. The normalized spacial score (nSPS) is 11.1. The van der Waals surface area contributed by atoms with Crippen LogP contribution < -0.4 is 10.6 Å². The molecule has 30 heavy (non-hydrogen) atoms. The quantitative estimate of drug-likeness (QED) is 0.514. The minimum Gasteiger partial charge on any atom is -0.350 e. The number of hydrogen-bond donors (Lipinski definition) is 2. The van der Waals surface area contributed by atoms with E-state index in [-0.39, 0.29) is 29.4 Å². The van der Waals surface area contributed by atoms with Crippen molar-refractivity contribution < 1.29 is 26.9 Å². The van der Waals surface area contributed by atoms with Gasteiger partial charge in [0.05, 0.1) is 4.90 Å². The van der Waals surface area contributed by atoms with Crippen LogP contribution in [0, 0.1) is 5.82 Å². The molecule has 0 saturated heterocycles. The molecule has 3 rings (SSSR count). The topological polar surface area (TPSA) is 131 Å². The Bertz CT molecular complexity index is 1130. The zero-order valence-electron chi connectivity index (χ0n) is 15.5. The Morgan fingerprint density at radius 2 is 1.57 bits per heavy atom. The van der Waals surface area contributed by atoms with Gasteiger partial charge >= 0.3 is 11.8 Å². The lowest BCUT2D eigenvalue weighted by molar-refractivity contribution is 0.0898. The predicted molar refractivity (Wildman–Crippen MR) is 103 cm³/mol. The first-order chi connectivity index (χ1) is 14.3. The van der Waals surface area contributed by atoms with Crippen molar-refractivity contribution in [3.63, 3.8) is 0 Å². The van der Waals surface area contributed by atoms with Crippen molar-refractivity contribution in [3.8, 4) is 0 Å². The van der Waals surface area contributed by atoms with Crippen LogP contribution in [-0.4, -0.2) is 43.5 Å². The summed E-state index contributed by atoms with van der Waals surface area (Å²) in [6.07, 6.45) is 0. The Hall–Kier alpha value is -3.60. The maximum atomic E-state index is 12.9. The van der Waals surface area contributed by atoms with Crippen LogP contribution in [-0.2, 0) is 15.6 Å². The molecule has 9 nitrogen and oxygen atoms in total. The monoisotopic (exact) mass is 432 g/mol. The molecule has 0 bridgehead atoms. The molecule has 2 N–H and O–H groups in total. The van der Waals surface area contributed by atoms with E-state index in [1.165, 1.54) is 36.4 Å². The van der Waals surface area contributed by atoms with E-state index in [1.54, 1.807) is 18.2 Å². The van der Waals surface area contributed by atoms with Gasteiger partial charge in [0.1, 0.15) is 11.6 Å². The number of carbonyl (C=O) groups is 2. The van der Waals surface area contributed by atoms with Gasteiger partial charge < -0.3 is 15.2 Å². The molecule has 0 aliphatic rings. The molecule has 0 radical (unpaired) electrons. The molecule has 2 aromatic carbocycles. The highest BCUT2D eigenvalue weighted by molar-refractivity contribution is 7.90. The van der Waals surface area contributed by atoms with E-state index in [0.29, 0.717) is 0 Å². The van der Waals surface area contributed by atoms with Crippen LogP contribution in [0.15, 0.2) is 64.0 Å². The van der Waals surface area contributed by atoms with Gasteiger partial charge in [0.15, 0.2) is 15.7 Å². The van der Waals surface area contributed by atoms with Crippen LogP contribution in [0.2, 0.25) is 0 Å². The van der Waals surface area contributed by atoms with Gasteiger partial charge in [0.25, 0.3) is 5.91 Å². The van der Waals surface area contributed by atoms with Crippen LogP contribution in [0.1, 0.15) is 26.9 Å². The molecular formula is C19H17FN4O5S. The third-order valence-electron chi connectivity index (χ3n) is 3.89. The zero-order valence-corrected chi connectivity index (χ0v) is 16.4. The fraction of sp³-hybridized carbons (Fsp3) is 0.158. The Morgan fingerprint density at radius 1 is 0.933 bits per heavy atom. The molecule has 0 aliphatic heterocycles. The lowest BCUT2D eigenvalue weighted by atomic mass is 10.2. The summed E-state index contributed by atoms with van der Waals surface area (Å²) in [5.41, 5.74) is 0.281. The molecule has 0 atom stereocenters. The number of benzene rings is 2. The van der Waals surface area contributed by atoms with Gasteiger partial charge in [0, 0.05) is 18.7 Å². The third-order valence-corrected chi connectivity index (χ3v) is 5.51. The van der Waals surface area contributed by atoms with Gasteiger partial charge in [-0.15, -0.1) is 0 Å². The third kappa shape index (κ3) is 5.47. The van der Waals surface area contributed by atoms with E-state index in [9.17, 15) is 22.4 Å². The molecule has 2 amide bonds. The Labute approximate surface area is 171 Å². The minimum atomic E-state index is -3.67. The standard InChI is InChI=1S/C19H17FN4O5S/c20-14-8-6-13(7-9-14)17(25)21-10-11-22-18(26)19-23-16(24-29-19)12-30(27,28)15-4-2-1-3-5-15/h1-9H,10-12H2,(H,21,25)(H,22,26). The van der Waals surface area contributed by atoms with Gasteiger partial charge in [-0.1, -0.05) is 23.4 Å². The van der Waals surface area contributed by atoms with Gasteiger partial charge in [0.2, 0.25) is 0 Å². The fourth-order valence-corrected chi connectivity index (χ4v) is 3.61. The van der Waals surface area contributed by atoms with E-state index < -0.39 is 39.1 Å². The Morgan fingerprint density at radius 3 is 2.23 bits per heavy atom. The number of sulfone groups is 1. The maximum absolute atomic E-state index is 12.9. The van der Waals surface area contributed by atoms with Crippen LogP contribution in [0.5, 0.6) is 0 Å². The lowest BCUT2D eigenvalue weighted by Gasteiger charge is -2.05. The van der Waals surface area contributed by atoms with Crippen molar-refractivity contribution in [3.05, 3.63) is 77.7 Å². The highest BCUT2D eigenvalue weighted by Crippen LogP contribution is 2.14. The number of hydrogen-bond acceptors (Lipinski definition) is 7. The summed E-state index contributed by atoms with van der Waals surface area (Å²) in [6.45, 7) is 0.164. The van der Waals surface area contributed by atoms with Crippen LogP contribution >= 0.6 is 0 Å².